The highest BCUT2D eigenvalue weighted by Gasteiger charge is 2.32. The standard InChI is InChI=1S/C17H12F3IN2O/c18-17(19,20)24-14-8-4-7-12-15(13(21)10-23-16(12)14)22-9-11-5-2-1-3-6-11/h1-8,10H,9H2,(H,22,23). The molecular weight excluding hydrogens is 432 g/mol. The molecule has 0 spiro atoms. The van der Waals surface area contributed by atoms with E-state index in [1.165, 1.54) is 18.3 Å². The normalized spacial score (nSPS) is 11.5. The number of benzene rings is 2. The molecule has 7 heteroatoms. The van der Waals surface area contributed by atoms with E-state index in [9.17, 15) is 13.2 Å². The molecule has 124 valence electrons. The quantitative estimate of drug-likeness (QED) is 0.551. The number of ether oxygens (including phenoxy) is 1. The summed E-state index contributed by atoms with van der Waals surface area (Å²) in [6.45, 7) is 0.556. The van der Waals surface area contributed by atoms with Crippen LogP contribution in [0.25, 0.3) is 10.9 Å². The number of rotatable bonds is 4. The molecule has 3 nitrogen and oxygen atoms in total. The molecule has 2 aromatic carbocycles. The van der Waals surface area contributed by atoms with Gasteiger partial charge in [0.15, 0.2) is 5.75 Å². The van der Waals surface area contributed by atoms with Gasteiger partial charge in [-0.05, 0) is 34.2 Å². The van der Waals surface area contributed by atoms with Gasteiger partial charge >= 0.3 is 6.36 Å². The van der Waals surface area contributed by atoms with Gasteiger partial charge < -0.3 is 10.1 Å². The average Bonchev–Trinajstić information content (AvgIpc) is 2.53. The molecule has 1 N–H and O–H groups in total. The molecule has 1 heterocycles. The lowest BCUT2D eigenvalue weighted by molar-refractivity contribution is -0.274. The third-order valence-electron chi connectivity index (χ3n) is 3.35. The lowest BCUT2D eigenvalue weighted by atomic mass is 10.1. The molecular formula is C17H12F3IN2O. The van der Waals surface area contributed by atoms with Gasteiger partial charge in [0, 0.05) is 18.1 Å². The Morgan fingerprint density at radius 2 is 1.79 bits per heavy atom. The Hall–Kier alpha value is -2.03. The Kier molecular flexibility index (Phi) is 4.79. The van der Waals surface area contributed by atoms with Crippen LogP contribution in [0.3, 0.4) is 0 Å². The minimum absolute atomic E-state index is 0.172. The number of hydrogen-bond donors (Lipinski definition) is 1. The number of anilines is 1. The number of hydrogen-bond acceptors (Lipinski definition) is 3. The largest absolute Gasteiger partial charge is 0.573 e. The molecule has 0 amide bonds. The topological polar surface area (TPSA) is 34.1 Å². The molecule has 0 fully saturated rings. The zero-order chi connectivity index (χ0) is 17.2. The van der Waals surface area contributed by atoms with Crippen LogP contribution < -0.4 is 10.1 Å². The number of fused-ring (bicyclic) bond motifs is 1. The first-order chi connectivity index (χ1) is 11.4. The summed E-state index contributed by atoms with van der Waals surface area (Å²) in [7, 11) is 0. The Morgan fingerprint density at radius 3 is 2.50 bits per heavy atom. The lowest BCUT2D eigenvalue weighted by Crippen LogP contribution is -2.17. The number of alkyl halides is 3. The second-order valence-corrected chi connectivity index (χ2v) is 6.18. The number of nitrogens with one attached hydrogen (secondary N) is 1. The van der Waals surface area contributed by atoms with Gasteiger partial charge in [-0.25, -0.2) is 0 Å². The fourth-order valence-corrected chi connectivity index (χ4v) is 2.97. The van der Waals surface area contributed by atoms with Gasteiger partial charge in [0.1, 0.15) is 5.52 Å². The summed E-state index contributed by atoms with van der Waals surface area (Å²) in [5.74, 6) is -0.306. The van der Waals surface area contributed by atoms with Crippen LogP contribution in [0.5, 0.6) is 5.75 Å². The highest BCUT2D eigenvalue weighted by Crippen LogP contribution is 2.34. The Labute approximate surface area is 150 Å². The van der Waals surface area contributed by atoms with Crippen molar-refractivity contribution in [2.24, 2.45) is 0 Å². The maximum absolute atomic E-state index is 12.6. The molecule has 0 atom stereocenters. The van der Waals surface area contributed by atoms with Crippen LogP contribution >= 0.6 is 22.6 Å². The van der Waals surface area contributed by atoms with Crippen molar-refractivity contribution in [3.63, 3.8) is 0 Å². The van der Waals surface area contributed by atoms with Crippen LogP contribution in [0.2, 0.25) is 0 Å². The highest BCUT2D eigenvalue weighted by atomic mass is 127. The maximum Gasteiger partial charge on any atom is 0.573 e. The van der Waals surface area contributed by atoms with Crippen molar-refractivity contribution in [1.82, 2.24) is 4.98 Å². The predicted molar refractivity (Wildman–Crippen MR) is 94.9 cm³/mol. The number of halogens is 4. The van der Waals surface area contributed by atoms with Gasteiger partial charge in [-0.2, -0.15) is 0 Å². The van der Waals surface area contributed by atoms with Crippen molar-refractivity contribution in [2.75, 3.05) is 5.32 Å². The van der Waals surface area contributed by atoms with Gasteiger partial charge in [-0.3, -0.25) is 4.98 Å². The summed E-state index contributed by atoms with van der Waals surface area (Å²) in [6.07, 6.45) is -3.23. The van der Waals surface area contributed by atoms with Gasteiger partial charge in [-0.1, -0.05) is 42.5 Å². The second kappa shape index (κ2) is 6.84. The third kappa shape index (κ3) is 3.89. The van der Waals surface area contributed by atoms with E-state index in [1.807, 2.05) is 30.3 Å². The van der Waals surface area contributed by atoms with Gasteiger partial charge in [0.25, 0.3) is 0 Å². The molecule has 0 aliphatic carbocycles. The molecule has 1 aromatic heterocycles. The summed E-state index contributed by atoms with van der Waals surface area (Å²) in [4.78, 5) is 4.11. The van der Waals surface area contributed by atoms with Gasteiger partial charge in [0.2, 0.25) is 0 Å². The molecule has 3 rings (SSSR count). The van der Waals surface area contributed by atoms with E-state index in [0.717, 1.165) is 14.8 Å². The Balaban J connectivity index is 1.98. The molecule has 0 saturated carbocycles. The summed E-state index contributed by atoms with van der Waals surface area (Å²) in [5.41, 5.74) is 1.98. The van der Waals surface area contributed by atoms with Crippen molar-refractivity contribution >= 4 is 39.2 Å². The zero-order valence-electron chi connectivity index (χ0n) is 12.3. The summed E-state index contributed by atoms with van der Waals surface area (Å²) < 4.78 is 42.6. The van der Waals surface area contributed by atoms with Gasteiger partial charge in [0.05, 0.1) is 9.26 Å². The lowest BCUT2D eigenvalue weighted by Gasteiger charge is -2.15. The first-order valence-corrected chi connectivity index (χ1v) is 8.13. The van der Waals surface area contributed by atoms with Crippen molar-refractivity contribution in [3.8, 4) is 5.75 Å². The molecule has 3 aromatic rings. The van der Waals surface area contributed by atoms with Crippen LogP contribution in [0.1, 0.15) is 5.56 Å². The van der Waals surface area contributed by atoms with Crippen LogP contribution in [0.15, 0.2) is 54.7 Å². The molecule has 0 radical (unpaired) electrons. The van der Waals surface area contributed by atoms with Crippen LogP contribution in [0.4, 0.5) is 18.9 Å². The van der Waals surface area contributed by atoms with E-state index in [1.54, 1.807) is 6.07 Å². The fourth-order valence-electron chi connectivity index (χ4n) is 2.34. The van der Waals surface area contributed by atoms with Crippen LogP contribution in [-0.4, -0.2) is 11.3 Å². The SMILES string of the molecule is FC(F)(F)Oc1cccc2c(NCc3ccccc3)c(I)cnc12. The van der Waals surface area contributed by atoms with Crippen LogP contribution in [0, 0.1) is 3.57 Å². The molecule has 0 unspecified atom stereocenters. The fraction of sp³-hybridized carbons (Fsp3) is 0.118. The van der Waals surface area contributed by atoms with E-state index in [4.69, 9.17) is 0 Å². The van der Waals surface area contributed by atoms with Crippen molar-refractivity contribution in [1.29, 1.82) is 0 Å². The van der Waals surface area contributed by atoms with Crippen LogP contribution in [-0.2, 0) is 6.54 Å². The maximum atomic E-state index is 12.6. The van der Waals surface area contributed by atoms with E-state index >= 15 is 0 Å². The number of aromatic nitrogens is 1. The van der Waals surface area contributed by atoms with E-state index in [0.29, 0.717) is 11.9 Å². The molecule has 0 saturated heterocycles. The highest BCUT2D eigenvalue weighted by molar-refractivity contribution is 14.1. The number of para-hydroxylation sites is 1. The Morgan fingerprint density at radius 1 is 1.04 bits per heavy atom. The smallest absolute Gasteiger partial charge is 0.403 e. The number of pyridine rings is 1. The van der Waals surface area contributed by atoms with E-state index in [2.05, 4.69) is 37.6 Å². The van der Waals surface area contributed by atoms with Gasteiger partial charge in [-0.15, -0.1) is 13.2 Å². The Bertz CT molecular complexity index is 854. The van der Waals surface area contributed by atoms with E-state index in [-0.39, 0.29) is 11.3 Å². The minimum atomic E-state index is -4.75. The molecule has 0 aliphatic heterocycles. The zero-order valence-corrected chi connectivity index (χ0v) is 14.4. The molecule has 24 heavy (non-hydrogen) atoms. The minimum Gasteiger partial charge on any atom is -0.403 e. The van der Waals surface area contributed by atoms with Crippen molar-refractivity contribution < 1.29 is 17.9 Å². The monoisotopic (exact) mass is 444 g/mol. The third-order valence-corrected chi connectivity index (χ3v) is 4.17. The number of nitrogens with zero attached hydrogens (tertiary/aromatic N) is 1. The summed E-state index contributed by atoms with van der Waals surface area (Å²) >= 11 is 2.10. The summed E-state index contributed by atoms with van der Waals surface area (Å²) in [5, 5.41) is 3.86. The molecule has 0 aliphatic rings. The average molecular weight is 444 g/mol. The first-order valence-electron chi connectivity index (χ1n) is 7.05. The predicted octanol–water partition coefficient (Wildman–Crippen LogP) is 5.35. The second-order valence-electron chi connectivity index (χ2n) is 5.02. The van der Waals surface area contributed by atoms with Crippen molar-refractivity contribution in [2.45, 2.75) is 12.9 Å². The molecule has 0 bridgehead atoms. The van der Waals surface area contributed by atoms with Crippen molar-refractivity contribution in [3.05, 3.63) is 63.9 Å². The van der Waals surface area contributed by atoms with E-state index < -0.39 is 6.36 Å². The summed E-state index contributed by atoms with van der Waals surface area (Å²) in [6, 6.07) is 14.2. The first kappa shape index (κ1) is 16.8.